The molecule has 1 aliphatic heterocycles. The third-order valence-electron chi connectivity index (χ3n) is 6.09. The summed E-state index contributed by atoms with van der Waals surface area (Å²) in [6.45, 7) is 7.57. The molecule has 0 saturated carbocycles. The molecule has 0 bridgehead atoms. The summed E-state index contributed by atoms with van der Waals surface area (Å²) in [6.07, 6.45) is 6.16. The first-order valence-corrected chi connectivity index (χ1v) is 11.7. The van der Waals surface area contributed by atoms with Crippen molar-refractivity contribution in [1.29, 1.82) is 0 Å². The van der Waals surface area contributed by atoms with Crippen molar-refractivity contribution in [2.75, 3.05) is 19.6 Å². The first-order chi connectivity index (χ1) is 16.1. The molecule has 3 aromatic rings. The van der Waals surface area contributed by atoms with Gasteiger partial charge in [-0.2, -0.15) is 0 Å². The van der Waals surface area contributed by atoms with Crippen LogP contribution < -0.4 is 5.32 Å². The lowest BCUT2D eigenvalue weighted by Crippen LogP contribution is -2.36. The van der Waals surface area contributed by atoms with E-state index in [9.17, 15) is 4.79 Å². The van der Waals surface area contributed by atoms with Crippen LogP contribution in [-0.4, -0.2) is 40.4 Å². The molecule has 1 aliphatic rings. The highest BCUT2D eigenvalue weighted by Crippen LogP contribution is 2.25. The Morgan fingerprint density at radius 2 is 1.85 bits per heavy atom. The maximum Gasteiger partial charge on any atom is 0.254 e. The van der Waals surface area contributed by atoms with E-state index in [1.807, 2.05) is 43.3 Å². The summed E-state index contributed by atoms with van der Waals surface area (Å²) in [4.78, 5) is 24.5. The lowest BCUT2D eigenvalue weighted by atomic mass is 9.96. The van der Waals surface area contributed by atoms with E-state index in [4.69, 9.17) is 4.98 Å². The Balaban J connectivity index is 1.37. The van der Waals surface area contributed by atoms with Crippen molar-refractivity contribution in [3.05, 3.63) is 101 Å². The largest absolute Gasteiger partial charge is 0.348 e. The minimum Gasteiger partial charge on any atom is -0.348 e. The van der Waals surface area contributed by atoms with Crippen LogP contribution in [0.15, 0.2) is 72.4 Å². The molecule has 1 saturated heterocycles. The predicted molar refractivity (Wildman–Crippen MR) is 133 cm³/mol. The standard InChI is InChI=1S/C28H32N4O/c1-21(16-23-10-5-3-6-11-23)19-32-15-9-14-25(20-32)27-29-18-26(22(2)31-27)28(33)30-17-24-12-7-4-8-13-24/h3-8,10-13,16,18,25H,9,14-15,17,19-20H2,1-2H3,(H,30,33)/b21-16+/t25-/m1/s1. The van der Waals surface area contributed by atoms with Crippen LogP contribution in [0, 0.1) is 6.92 Å². The molecule has 1 atom stereocenters. The van der Waals surface area contributed by atoms with Crippen molar-refractivity contribution in [1.82, 2.24) is 20.2 Å². The number of amides is 1. The fourth-order valence-electron chi connectivity index (χ4n) is 4.42. The topological polar surface area (TPSA) is 58.1 Å². The number of carbonyl (C=O) groups is 1. The predicted octanol–water partition coefficient (Wildman–Crippen LogP) is 5.00. The Labute approximate surface area is 196 Å². The Morgan fingerprint density at radius 1 is 1.12 bits per heavy atom. The van der Waals surface area contributed by atoms with Gasteiger partial charge in [-0.3, -0.25) is 9.69 Å². The Kier molecular flexibility index (Phi) is 7.63. The summed E-state index contributed by atoms with van der Waals surface area (Å²) in [5.74, 6) is 1.01. The van der Waals surface area contributed by atoms with E-state index in [2.05, 4.69) is 52.5 Å². The van der Waals surface area contributed by atoms with Crippen LogP contribution >= 0.6 is 0 Å². The molecule has 5 heteroatoms. The summed E-state index contributed by atoms with van der Waals surface area (Å²) in [6, 6.07) is 20.4. The molecule has 2 aromatic carbocycles. The van der Waals surface area contributed by atoms with Crippen molar-refractivity contribution in [2.24, 2.45) is 0 Å². The Bertz CT molecular complexity index is 1100. The summed E-state index contributed by atoms with van der Waals surface area (Å²) in [7, 11) is 0. The third-order valence-corrected chi connectivity index (χ3v) is 6.09. The van der Waals surface area contributed by atoms with Gasteiger partial charge in [0.25, 0.3) is 5.91 Å². The van der Waals surface area contributed by atoms with Gasteiger partial charge in [0.2, 0.25) is 0 Å². The monoisotopic (exact) mass is 440 g/mol. The van der Waals surface area contributed by atoms with Crippen molar-refractivity contribution in [2.45, 2.75) is 39.2 Å². The molecule has 0 radical (unpaired) electrons. The van der Waals surface area contributed by atoms with Crippen LogP contribution in [0.1, 0.15) is 58.7 Å². The summed E-state index contributed by atoms with van der Waals surface area (Å²) < 4.78 is 0. The van der Waals surface area contributed by atoms with Crippen LogP contribution in [0.2, 0.25) is 0 Å². The van der Waals surface area contributed by atoms with E-state index in [0.717, 1.165) is 49.6 Å². The van der Waals surface area contributed by atoms with Crippen molar-refractivity contribution >= 4 is 12.0 Å². The van der Waals surface area contributed by atoms with Gasteiger partial charge in [0.15, 0.2) is 0 Å². The number of hydrogen-bond acceptors (Lipinski definition) is 4. The number of rotatable bonds is 7. The van der Waals surface area contributed by atoms with E-state index < -0.39 is 0 Å². The molecule has 5 nitrogen and oxygen atoms in total. The normalized spacial score (nSPS) is 17.0. The molecule has 33 heavy (non-hydrogen) atoms. The molecular weight excluding hydrogens is 408 g/mol. The zero-order chi connectivity index (χ0) is 23.0. The molecule has 1 fully saturated rings. The second-order valence-electron chi connectivity index (χ2n) is 8.87. The Hall–Kier alpha value is -3.31. The minimum atomic E-state index is -0.130. The highest BCUT2D eigenvalue weighted by atomic mass is 16.1. The maximum atomic E-state index is 12.6. The average molecular weight is 441 g/mol. The van der Waals surface area contributed by atoms with Crippen LogP contribution in [-0.2, 0) is 6.54 Å². The van der Waals surface area contributed by atoms with Crippen LogP contribution in [0.5, 0.6) is 0 Å². The third kappa shape index (κ3) is 6.36. The number of nitrogens with zero attached hydrogens (tertiary/aromatic N) is 3. The fourth-order valence-corrected chi connectivity index (χ4v) is 4.42. The van der Waals surface area contributed by atoms with E-state index in [-0.39, 0.29) is 5.91 Å². The second kappa shape index (κ2) is 11.0. The zero-order valence-corrected chi connectivity index (χ0v) is 19.5. The first kappa shape index (κ1) is 22.9. The molecule has 0 unspecified atom stereocenters. The molecule has 2 heterocycles. The first-order valence-electron chi connectivity index (χ1n) is 11.7. The minimum absolute atomic E-state index is 0.130. The van der Waals surface area contributed by atoms with Crippen molar-refractivity contribution in [3.63, 3.8) is 0 Å². The zero-order valence-electron chi connectivity index (χ0n) is 19.5. The van der Waals surface area contributed by atoms with Gasteiger partial charge in [0, 0.05) is 31.7 Å². The SMILES string of the molecule is C/C(=C\c1ccccc1)CN1CCC[C@@H](c2ncc(C(=O)NCc3ccccc3)c(C)n2)C1. The lowest BCUT2D eigenvalue weighted by Gasteiger charge is -2.32. The van der Waals surface area contributed by atoms with Gasteiger partial charge in [-0.1, -0.05) is 72.3 Å². The molecule has 4 rings (SSSR count). The van der Waals surface area contributed by atoms with Gasteiger partial charge in [0.05, 0.1) is 11.3 Å². The fraction of sp³-hybridized carbons (Fsp3) is 0.321. The molecule has 1 aromatic heterocycles. The Morgan fingerprint density at radius 3 is 2.58 bits per heavy atom. The number of piperidine rings is 1. The molecule has 170 valence electrons. The number of carbonyl (C=O) groups excluding carboxylic acids is 1. The van der Waals surface area contributed by atoms with E-state index in [1.54, 1.807) is 6.20 Å². The van der Waals surface area contributed by atoms with Gasteiger partial charge in [-0.15, -0.1) is 0 Å². The van der Waals surface area contributed by atoms with Crippen LogP contribution in [0.4, 0.5) is 0 Å². The highest BCUT2D eigenvalue weighted by molar-refractivity contribution is 5.94. The number of nitrogens with one attached hydrogen (secondary N) is 1. The van der Waals surface area contributed by atoms with Crippen LogP contribution in [0.3, 0.4) is 0 Å². The van der Waals surface area contributed by atoms with E-state index >= 15 is 0 Å². The number of benzene rings is 2. The maximum absolute atomic E-state index is 12.6. The summed E-state index contributed by atoms with van der Waals surface area (Å²) >= 11 is 0. The molecule has 1 amide bonds. The van der Waals surface area contributed by atoms with Crippen molar-refractivity contribution in [3.8, 4) is 0 Å². The molecular formula is C28H32N4O. The number of aryl methyl sites for hydroxylation is 1. The van der Waals surface area contributed by atoms with E-state index in [0.29, 0.717) is 18.0 Å². The highest BCUT2D eigenvalue weighted by Gasteiger charge is 2.24. The van der Waals surface area contributed by atoms with Gasteiger partial charge in [0.1, 0.15) is 5.82 Å². The van der Waals surface area contributed by atoms with Crippen molar-refractivity contribution < 1.29 is 4.79 Å². The molecule has 1 N–H and O–H groups in total. The van der Waals surface area contributed by atoms with Crippen LogP contribution in [0.25, 0.3) is 6.08 Å². The van der Waals surface area contributed by atoms with Gasteiger partial charge >= 0.3 is 0 Å². The number of hydrogen-bond donors (Lipinski definition) is 1. The molecule has 0 aliphatic carbocycles. The molecule has 0 spiro atoms. The van der Waals surface area contributed by atoms with Gasteiger partial charge < -0.3 is 5.32 Å². The number of likely N-dealkylation sites (tertiary alicyclic amines) is 1. The number of aromatic nitrogens is 2. The van der Waals surface area contributed by atoms with Gasteiger partial charge in [-0.25, -0.2) is 9.97 Å². The summed E-state index contributed by atoms with van der Waals surface area (Å²) in [5, 5.41) is 2.97. The smallest absolute Gasteiger partial charge is 0.254 e. The van der Waals surface area contributed by atoms with Gasteiger partial charge in [-0.05, 0) is 44.4 Å². The second-order valence-corrected chi connectivity index (χ2v) is 8.87. The summed E-state index contributed by atoms with van der Waals surface area (Å²) in [5.41, 5.74) is 4.94. The quantitative estimate of drug-likeness (QED) is 0.562. The van der Waals surface area contributed by atoms with E-state index in [1.165, 1.54) is 11.1 Å². The lowest BCUT2D eigenvalue weighted by molar-refractivity contribution is 0.0949. The average Bonchev–Trinajstić information content (AvgIpc) is 2.84.